The summed E-state index contributed by atoms with van der Waals surface area (Å²) in [6.07, 6.45) is 3.25. The van der Waals surface area contributed by atoms with E-state index in [-0.39, 0.29) is 18.1 Å². The molecule has 4 nitrogen and oxygen atoms in total. The second-order valence-electron chi connectivity index (χ2n) is 3.91. The predicted molar refractivity (Wildman–Crippen MR) is 62.8 cm³/mol. The average Bonchev–Trinajstić information content (AvgIpc) is 2.22. The summed E-state index contributed by atoms with van der Waals surface area (Å²) < 4.78 is 0. The maximum absolute atomic E-state index is 11.4. The van der Waals surface area contributed by atoms with Crippen LogP contribution in [-0.4, -0.2) is 41.2 Å². The molecular formula is C10H20N2O2S. The normalized spacial score (nSPS) is 26.3. The molecule has 1 rings (SSSR count). The molecule has 0 atom stereocenters. The molecule has 0 bridgehead atoms. The highest BCUT2D eigenvalue weighted by Gasteiger charge is 2.20. The van der Waals surface area contributed by atoms with Crippen molar-refractivity contribution in [3.8, 4) is 0 Å². The van der Waals surface area contributed by atoms with Crippen LogP contribution in [-0.2, 0) is 4.79 Å². The van der Waals surface area contributed by atoms with Gasteiger partial charge in [-0.2, -0.15) is 11.8 Å². The molecule has 15 heavy (non-hydrogen) atoms. The van der Waals surface area contributed by atoms with Gasteiger partial charge in [0.1, 0.15) is 0 Å². The number of hydrogen-bond donors (Lipinski definition) is 3. The third-order valence-corrected chi connectivity index (χ3v) is 3.55. The van der Waals surface area contributed by atoms with Crippen LogP contribution in [0.4, 0.5) is 0 Å². The van der Waals surface area contributed by atoms with E-state index >= 15 is 0 Å². The summed E-state index contributed by atoms with van der Waals surface area (Å²) in [7, 11) is 0. The first-order valence-electron chi connectivity index (χ1n) is 5.47. The van der Waals surface area contributed by atoms with Crippen LogP contribution < -0.4 is 11.1 Å². The lowest BCUT2D eigenvalue weighted by Crippen LogP contribution is -2.39. The summed E-state index contributed by atoms with van der Waals surface area (Å²) in [4.78, 5) is 11.4. The van der Waals surface area contributed by atoms with Crippen LogP contribution in [0.2, 0.25) is 0 Å². The van der Waals surface area contributed by atoms with E-state index in [1.807, 2.05) is 0 Å². The monoisotopic (exact) mass is 232 g/mol. The topological polar surface area (TPSA) is 75.4 Å². The second-order valence-corrected chi connectivity index (χ2v) is 5.02. The molecule has 1 fully saturated rings. The molecule has 1 saturated carbocycles. The molecule has 0 aromatic heterocycles. The van der Waals surface area contributed by atoms with Gasteiger partial charge in [0.2, 0.25) is 5.91 Å². The Labute approximate surface area is 95.0 Å². The molecule has 0 spiro atoms. The van der Waals surface area contributed by atoms with Crippen molar-refractivity contribution in [3.05, 3.63) is 0 Å². The summed E-state index contributed by atoms with van der Waals surface area (Å²) in [5, 5.41) is 12.3. The molecule has 1 aliphatic carbocycles. The zero-order chi connectivity index (χ0) is 11.1. The number of carbonyl (C=O) groups excluding carboxylic acids is 1. The third kappa shape index (κ3) is 5.39. The number of nitrogens with one attached hydrogen (secondary N) is 1. The Morgan fingerprint density at radius 3 is 2.67 bits per heavy atom. The molecule has 5 heteroatoms. The van der Waals surface area contributed by atoms with Crippen molar-refractivity contribution in [1.82, 2.24) is 5.32 Å². The van der Waals surface area contributed by atoms with Crippen LogP contribution >= 0.6 is 11.8 Å². The quantitative estimate of drug-likeness (QED) is 0.588. The number of rotatable bonds is 5. The van der Waals surface area contributed by atoms with Gasteiger partial charge in [0.15, 0.2) is 0 Å². The van der Waals surface area contributed by atoms with E-state index in [1.54, 1.807) is 11.8 Å². The van der Waals surface area contributed by atoms with Gasteiger partial charge in [0.25, 0.3) is 0 Å². The molecule has 1 aliphatic rings. The van der Waals surface area contributed by atoms with E-state index in [0.29, 0.717) is 12.3 Å². The fourth-order valence-corrected chi connectivity index (χ4v) is 2.32. The highest BCUT2D eigenvalue weighted by Crippen LogP contribution is 2.18. The smallest absolute Gasteiger partial charge is 0.230 e. The number of carbonyl (C=O) groups is 1. The van der Waals surface area contributed by atoms with Crippen molar-refractivity contribution in [2.24, 2.45) is 5.73 Å². The van der Waals surface area contributed by atoms with E-state index in [0.717, 1.165) is 31.4 Å². The zero-order valence-electron chi connectivity index (χ0n) is 8.95. The highest BCUT2D eigenvalue weighted by atomic mass is 32.2. The minimum atomic E-state index is -0.162. The minimum Gasteiger partial charge on any atom is -0.393 e. The zero-order valence-corrected chi connectivity index (χ0v) is 9.76. The summed E-state index contributed by atoms with van der Waals surface area (Å²) in [6, 6.07) is 0.263. The molecule has 4 N–H and O–H groups in total. The van der Waals surface area contributed by atoms with Crippen LogP contribution in [0.15, 0.2) is 0 Å². The van der Waals surface area contributed by atoms with Crippen molar-refractivity contribution >= 4 is 17.7 Å². The Hall–Kier alpha value is -0.260. The number of nitrogens with two attached hydrogens (primary N) is 1. The fourth-order valence-electron chi connectivity index (χ4n) is 1.74. The standard InChI is InChI=1S/C10H20N2O2S/c11-5-6-15-7-10(14)12-8-1-3-9(13)4-2-8/h8-9,13H,1-7,11H2,(H,12,14). The van der Waals surface area contributed by atoms with Crippen LogP contribution in [0.5, 0.6) is 0 Å². The summed E-state index contributed by atoms with van der Waals surface area (Å²) in [5.74, 6) is 1.42. The lowest BCUT2D eigenvalue weighted by atomic mass is 9.93. The van der Waals surface area contributed by atoms with Crippen LogP contribution in [0.25, 0.3) is 0 Å². The molecule has 88 valence electrons. The first-order chi connectivity index (χ1) is 7.22. The first-order valence-corrected chi connectivity index (χ1v) is 6.63. The fraction of sp³-hybridized carbons (Fsp3) is 0.900. The number of aliphatic hydroxyl groups excluding tert-OH is 1. The first kappa shape index (κ1) is 12.8. The maximum atomic E-state index is 11.4. The lowest BCUT2D eigenvalue weighted by Gasteiger charge is -2.26. The van der Waals surface area contributed by atoms with Crippen LogP contribution in [0.1, 0.15) is 25.7 Å². The van der Waals surface area contributed by atoms with Gasteiger partial charge >= 0.3 is 0 Å². The third-order valence-electron chi connectivity index (χ3n) is 2.56. The maximum Gasteiger partial charge on any atom is 0.230 e. The molecule has 0 aromatic carbocycles. The van der Waals surface area contributed by atoms with E-state index in [1.165, 1.54) is 0 Å². The van der Waals surface area contributed by atoms with Crippen LogP contribution in [0.3, 0.4) is 0 Å². The minimum absolute atomic E-state index is 0.0924. The largest absolute Gasteiger partial charge is 0.393 e. The Bertz CT molecular complexity index is 194. The molecule has 1 amide bonds. The summed E-state index contributed by atoms with van der Waals surface area (Å²) in [5.41, 5.74) is 5.33. The van der Waals surface area contributed by atoms with Gasteiger partial charge < -0.3 is 16.2 Å². The molecular weight excluding hydrogens is 212 g/mol. The molecule has 0 aliphatic heterocycles. The number of aliphatic hydroxyl groups is 1. The van der Waals surface area contributed by atoms with E-state index in [4.69, 9.17) is 5.73 Å². The Balaban J connectivity index is 2.09. The molecule has 0 heterocycles. The van der Waals surface area contributed by atoms with Gasteiger partial charge in [-0.05, 0) is 25.7 Å². The predicted octanol–water partition coefficient (Wildman–Crippen LogP) is 0.0980. The molecule has 0 saturated heterocycles. The Morgan fingerprint density at radius 1 is 1.40 bits per heavy atom. The van der Waals surface area contributed by atoms with Gasteiger partial charge in [-0.3, -0.25) is 4.79 Å². The summed E-state index contributed by atoms with van der Waals surface area (Å²) in [6.45, 7) is 0.619. The highest BCUT2D eigenvalue weighted by molar-refractivity contribution is 7.99. The Morgan fingerprint density at radius 2 is 2.07 bits per heavy atom. The van der Waals surface area contributed by atoms with Gasteiger partial charge in [0.05, 0.1) is 11.9 Å². The molecule has 0 unspecified atom stereocenters. The SMILES string of the molecule is NCCSCC(=O)NC1CCC(O)CC1. The van der Waals surface area contributed by atoms with Crippen molar-refractivity contribution in [1.29, 1.82) is 0 Å². The average molecular weight is 232 g/mol. The van der Waals surface area contributed by atoms with Crippen LogP contribution in [0, 0.1) is 0 Å². The summed E-state index contributed by atoms with van der Waals surface area (Å²) >= 11 is 1.56. The Kier molecular flexibility index (Phi) is 6.05. The van der Waals surface area contributed by atoms with Crippen molar-refractivity contribution in [2.45, 2.75) is 37.8 Å². The van der Waals surface area contributed by atoms with Gasteiger partial charge in [-0.1, -0.05) is 0 Å². The van der Waals surface area contributed by atoms with Crippen molar-refractivity contribution in [3.63, 3.8) is 0 Å². The van der Waals surface area contributed by atoms with Gasteiger partial charge in [-0.15, -0.1) is 0 Å². The van der Waals surface area contributed by atoms with Gasteiger partial charge in [-0.25, -0.2) is 0 Å². The van der Waals surface area contributed by atoms with E-state index < -0.39 is 0 Å². The molecule has 0 radical (unpaired) electrons. The number of amides is 1. The van der Waals surface area contributed by atoms with Crippen molar-refractivity contribution < 1.29 is 9.90 Å². The second kappa shape index (κ2) is 7.09. The van der Waals surface area contributed by atoms with E-state index in [2.05, 4.69) is 5.32 Å². The van der Waals surface area contributed by atoms with Gasteiger partial charge in [0, 0.05) is 18.3 Å². The molecule has 0 aromatic rings. The lowest BCUT2D eigenvalue weighted by molar-refractivity contribution is -0.119. The van der Waals surface area contributed by atoms with E-state index in [9.17, 15) is 9.90 Å². The number of hydrogen-bond acceptors (Lipinski definition) is 4. The van der Waals surface area contributed by atoms with Crippen molar-refractivity contribution in [2.75, 3.05) is 18.1 Å². The number of thioether (sulfide) groups is 1.